The molecule has 0 saturated carbocycles. The fourth-order valence-corrected chi connectivity index (χ4v) is 4.72. The summed E-state index contributed by atoms with van der Waals surface area (Å²) in [6, 6.07) is 12.3. The lowest BCUT2D eigenvalue weighted by Gasteiger charge is -2.45. The van der Waals surface area contributed by atoms with Gasteiger partial charge in [0, 0.05) is 10.6 Å². The lowest BCUT2D eigenvalue weighted by Crippen LogP contribution is -2.67. The summed E-state index contributed by atoms with van der Waals surface area (Å²) in [5.41, 5.74) is -1.12. The van der Waals surface area contributed by atoms with Gasteiger partial charge in [0.15, 0.2) is 0 Å². The number of fused-ring (bicyclic) bond motifs is 2. The summed E-state index contributed by atoms with van der Waals surface area (Å²) in [6.07, 6.45) is -5.04. The largest absolute Gasteiger partial charge is 0.494 e. The average molecular weight is 565 g/mol. The molecule has 0 aliphatic carbocycles. The van der Waals surface area contributed by atoms with Crippen LogP contribution in [0.25, 0.3) is 0 Å². The van der Waals surface area contributed by atoms with Gasteiger partial charge in [0.2, 0.25) is 18.2 Å². The van der Waals surface area contributed by atoms with Crippen molar-refractivity contribution in [3.05, 3.63) is 64.2 Å². The molecule has 0 unspecified atom stereocenters. The lowest BCUT2D eigenvalue weighted by molar-refractivity contribution is -0.323. The topological polar surface area (TPSA) is 141 Å². The molecule has 10 nitrogen and oxygen atoms in total. The number of hydrogen-bond acceptors (Lipinski definition) is 10. The quantitative estimate of drug-likeness (QED) is 0.323. The van der Waals surface area contributed by atoms with E-state index in [4.69, 9.17) is 35.3 Å². The molecule has 39 heavy (non-hydrogen) atoms. The van der Waals surface area contributed by atoms with Crippen molar-refractivity contribution in [2.24, 2.45) is 5.41 Å². The van der Waals surface area contributed by atoms with E-state index in [1.165, 1.54) is 0 Å². The zero-order valence-electron chi connectivity index (χ0n) is 22.2. The average Bonchev–Trinajstić information content (AvgIpc) is 3.29. The van der Waals surface area contributed by atoms with Gasteiger partial charge >= 0.3 is 11.9 Å². The highest BCUT2D eigenvalue weighted by atomic mass is 35.5. The van der Waals surface area contributed by atoms with Crippen LogP contribution in [0.3, 0.4) is 0 Å². The number of aliphatic hydroxyl groups excluding tert-OH is 3. The predicted octanol–water partition coefficient (Wildman–Crippen LogP) is 2.45. The Hall–Kier alpha value is -2.73. The van der Waals surface area contributed by atoms with Gasteiger partial charge in [-0.05, 0) is 69.5 Å². The van der Waals surface area contributed by atoms with Crippen LogP contribution in [0.5, 0.6) is 5.75 Å². The molecule has 2 heterocycles. The smallest absolute Gasteiger partial charge is 0.346 e. The molecule has 2 saturated heterocycles. The van der Waals surface area contributed by atoms with Crippen molar-refractivity contribution in [1.82, 2.24) is 0 Å². The van der Waals surface area contributed by atoms with Crippen LogP contribution in [-0.4, -0.2) is 71.2 Å². The summed E-state index contributed by atoms with van der Waals surface area (Å²) < 4.78 is 27.3. The summed E-state index contributed by atoms with van der Waals surface area (Å²) >= 11 is 6.47. The fourth-order valence-electron chi connectivity index (χ4n) is 4.54. The molecule has 0 aromatic heterocycles. The summed E-state index contributed by atoms with van der Waals surface area (Å²) in [5.74, 6) is -2.99. The van der Waals surface area contributed by atoms with Gasteiger partial charge in [-0.3, -0.25) is 4.79 Å². The maximum Gasteiger partial charge on any atom is 0.346 e. The maximum absolute atomic E-state index is 13.1. The molecule has 212 valence electrons. The summed E-state index contributed by atoms with van der Waals surface area (Å²) in [4.78, 5) is 25.1. The molecule has 11 heteroatoms. The van der Waals surface area contributed by atoms with Gasteiger partial charge in [-0.2, -0.15) is 0 Å². The molecule has 2 aromatic carbocycles. The zero-order chi connectivity index (χ0) is 28.6. The minimum Gasteiger partial charge on any atom is -0.494 e. The van der Waals surface area contributed by atoms with Crippen molar-refractivity contribution in [2.75, 3.05) is 20.0 Å². The van der Waals surface area contributed by atoms with Gasteiger partial charge in [0.1, 0.15) is 24.1 Å². The highest BCUT2D eigenvalue weighted by molar-refractivity contribution is 6.31. The van der Waals surface area contributed by atoms with Crippen LogP contribution in [0.1, 0.15) is 44.4 Å². The molecular weight excluding hydrogens is 532 g/mol. The van der Waals surface area contributed by atoms with E-state index in [-0.39, 0.29) is 5.56 Å². The third-order valence-electron chi connectivity index (χ3n) is 6.76. The van der Waals surface area contributed by atoms with Crippen LogP contribution in [0.4, 0.5) is 0 Å². The Balaban J connectivity index is 1.58. The SMILES string of the molecule is CCOc1ccc(Cc2cc([C@]34OC[C@](C(=O)OCOC(=O)C(C)(C)C)(O3)[C@@H](O)[C@H](O)[C@H]4O)ccc2Cl)cc1. The van der Waals surface area contributed by atoms with Gasteiger partial charge in [-0.15, -0.1) is 0 Å². The molecule has 3 N–H and O–H groups in total. The van der Waals surface area contributed by atoms with Gasteiger partial charge in [0.25, 0.3) is 0 Å². The molecule has 2 aromatic rings. The summed E-state index contributed by atoms with van der Waals surface area (Å²) in [7, 11) is 0. The van der Waals surface area contributed by atoms with Crippen LogP contribution in [-0.2, 0) is 40.7 Å². The van der Waals surface area contributed by atoms with E-state index in [9.17, 15) is 24.9 Å². The van der Waals surface area contributed by atoms with Crippen molar-refractivity contribution in [3.8, 4) is 5.75 Å². The Morgan fingerprint density at radius 1 is 1.05 bits per heavy atom. The maximum atomic E-state index is 13.1. The molecule has 2 fully saturated rings. The molecule has 0 amide bonds. The first-order valence-electron chi connectivity index (χ1n) is 12.6. The monoisotopic (exact) mass is 564 g/mol. The van der Waals surface area contributed by atoms with Crippen LogP contribution in [0.15, 0.2) is 42.5 Å². The Bertz CT molecular complexity index is 1210. The number of aliphatic hydroxyl groups is 3. The standard InChI is InChI=1S/C28H33ClO10/c1-5-35-19-9-6-16(7-10-19)12-17-13-18(8-11-20(17)29)28-23(32)21(30)22(31)27(39-28,14-38-28)25(34)37-15-36-24(33)26(2,3)4/h6-11,13,21-23,30-32H,5,12,14-15H2,1-4H3/t21-,22-,23+,27-,28-/m0/s1. The van der Waals surface area contributed by atoms with Crippen molar-refractivity contribution in [3.63, 3.8) is 0 Å². The number of carbonyl (C=O) groups excluding carboxylic acids is 2. The van der Waals surface area contributed by atoms with Crippen LogP contribution in [0.2, 0.25) is 5.02 Å². The van der Waals surface area contributed by atoms with Crippen molar-refractivity contribution in [1.29, 1.82) is 0 Å². The fraction of sp³-hybridized carbons (Fsp3) is 0.500. The summed E-state index contributed by atoms with van der Waals surface area (Å²) in [5, 5.41) is 32.9. The van der Waals surface area contributed by atoms with Crippen molar-refractivity contribution in [2.45, 2.75) is 63.8 Å². The minimum atomic E-state index is -2.18. The van der Waals surface area contributed by atoms with E-state index in [0.717, 1.165) is 11.3 Å². The minimum absolute atomic E-state index is 0.278. The second-order valence-corrected chi connectivity index (χ2v) is 11.0. The first-order chi connectivity index (χ1) is 18.3. The molecule has 5 atom stereocenters. The third kappa shape index (κ3) is 5.50. The molecule has 0 spiro atoms. The van der Waals surface area contributed by atoms with Gasteiger partial charge in [-0.25, -0.2) is 4.79 Å². The molecule has 2 aliphatic rings. The molecule has 2 bridgehead atoms. The number of rotatable bonds is 8. The van der Waals surface area contributed by atoms with Crippen molar-refractivity contribution < 1.29 is 48.6 Å². The van der Waals surface area contributed by atoms with E-state index in [0.29, 0.717) is 23.6 Å². The number of benzene rings is 2. The van der Waals surface area contributed by atoms with Crippen LogP contribution >= 0.6 is 11.6 Å². The van der Waals surface area contributed by atoms with Gasteiger partial charge < -0.3 is 39.0 Å². The summed E-state index contributed by atoms with van der Waals surface area (Å²) in [6.45, 7) is 6.09. The van der Waals surface area contributed by atoms with E-state index in [1.54, 1.807) is 39.0 Å². The number of carbonyl (C=O) groups is 2. The normalized spacial score (nSPS) is 28.2. The van der Waals surface area contributed by atoms with Crippen LogP contribution < -0.4 is 4.74 Å². The number of esters is 2. The highest BCUT2D eigenvalue weighted by Gasteiger charge is 2.71. The second-order valence-electron chi connectivity index (χ2n) is 10.6. The van der Waals surface area contributed by atoms with E-state index in [2.05, 4.69) is 0 Å². The van der Waals surface area contributed by atoms with E-state index in [1.807, 2.05) is 31.2 Å². The Morgan fingerprint density at radius 2 is 1.74 bits per heavy atom. The second kappa shape index (κ2) is 11.0. The predicted molar refractivity (Wildman–Crippen MR) is 138 cm³/mol. The first kappa shape index (κ1) is 29.3. The lowest BCUT2D eigenvalue weighted by atomic mass is 9.83. The molecule has 0 radical (unpaired) electrons. The molecule has 4 rings (SSSR count). The Morgan fingerprint density at radius 3 is 2.38 bits per heavy atom. The number of hydrogen-bond donors (Lipinski definition) is 3. The number of ether oxygens (including phenoxy) is 5. The Kier molecular flexibility index (Phi) is 8.28. The zero-order valence-corrected chi connectivity index (χ0v) is 22.9. The van der Waals surface area contributed by atoms with Gasteiger partial charge in [-0.1, -0.05) is 29.8 Å². The number of halogens is 1. The van der Waals surface area contributed by atoms with E-state index >= 15 is 0 Å². The third-order valence-corrected chi connectivity index (χ3v) is 7.13. The van der Waals surface area contributed by atoms with Gasteiger partial charge in [0.05, 0.1) is 18.6 Å². The Labute approximate surface area is 231 Å². The van der Waals surface area contributed by atoms with E-state index < -0.39 is 60.5 Å². The highest BCUT2D eigenvalue weighted by Crippen LogP contribution is 2.50. The first-order valence-corrected chi connectivity index (χ1v) is 13.0. The molecular formula is C28H33ClO10. The van der Waals surface area contributed by atoms with Crippen molar-refractivity contribution >= 4 is 23.5 Å². The van der Waals surface area contributed by atoms with Crippen LogP contribution in [0, 0.1) is 5.41 Å². The molecule has 2 aliphatic heterocycles.